The zero-order valence-corrected chi connectivity index (χ0v) is 7.19. The molecule has 0 saturated carbocycles. The summed E-state index contributed by atoms with van der Waals surface area (Å²) in [6, 6.07) is 0.581. The SMILES string of the molecule is Br.C=CCNC(C)C. The lowest BCUT2D eigenvalue weighted by Crippen LogP contribution is -2.21. The predicted molar refractivity (Wildman–Crippen MR) is 43.7 cm³/mol. The van der Waals surface area contributed by atoms with Crippen molar-refractivity contribution in [3.63, 3.8) is 0 Å². The van der Waals surface area contributed by atoms with Crippen LogP contribution in [0.3, 0.4) is 0 Å². The Labute approximate surface area is 61.9 Å². The Morgan fingerprint density at radius 2 is 2.12 bits per heavy atom. The molecule has 1 nitrogen and oxygen atoms in total. The average molecular weight is 180 g/mol. The van der Waals surface area contributed by atoms with Gasteiger partial charge in [0.1, 0.15) is 0 Å². The summed E-state index contributed by atoms with van der Waals surface area (Å²) in [4.78, 5) is 0. The van der Waals surface area contributed by atoms with E-state index in [0.29, 0.717) is 6.04 Å². The third-order valence-electron chi connectivity index (χ3n) is 0.670. The summed E-state index contributed by atoms with van der Waals surface area (Å²) in [7, 11) is 0. The van der Waals surface area contributed by atoms with Crippen molar-refractivity contribution in [2.45, 2.75) is 19.9 Å². The first-order valence-corrected chi connectivity index (χ1v) is 2.61. The van der Waals surface area contributed by atoms with Crippen LogP contribution in [0.4, 0.5) is 0 Å². The molecule has 0 saturated heterocycles. The van der Waals surface area contributed by atoms with Gasteiger partial charge < -0.3 is 5.32 Å². The minimum Gasteiger partial charge on any atom is -0.311 e. The molecule has 0 aromatic rings. The van der Waals surface area contributed by atoms with Gasteiger partial charge in [0.05, 0.1) is 0 Å². The Morgan fingerprint density at radius 1 is 1.62 bits per heavy atom. The molecule has 0 spiro atoms. The minimum atomic E-state index is 0. The number of hydrogen-bond donors (Lipinski definition) is 1. The second kappa shape index (κ2) is 7.18. The van der Waals surface area contributed by atoms with E-state index < -0.39 is 0 Å². The maximum Gasteiger partial charge on any atom is 0.0134 e. The smallest absolute Gasteiger partial charge is 0.0134 e. The standard InChI is InChI=1S/C6H13N.BrH/c1-4-5-7-6(2)3;/h4,6-7H,1,5H2,2-3H3;1H. The molecule has 0 aromatic carbocycles. The molecule has 2 heteroatoms. The summed E-state index contributed by atoms with van der Waals surface area (Å²) in [5.41, 5.74) is 0. The molecule has 0 heterocycles. The van der Waals surface area contributed by atoms with Crippen LogP contribution in [0.1, 0.15) is 13.8 Å². The van der Waals surface area contributed by atoms with Crippen molar-refractivity contribution < 1.29 is 0 Å². The van der Waals surface area contributed by atoms with E-state index in [2.05, 4.69) is 25.7 Å². The lowest BCUT2D eigenvalue weighted by Gasteiger charge is -2.01. The van der Waals surface area contributed by atoms with Crippen LogP contribution < -0.4 is 5.32 Å². The maximum absolute atomic E-state index is 3.57. The van der Waals surface area contributed by atoms with E-state index in [4.69, 9.17) is 0 Å². The van der Waals surface area contributed by atoms with E-state index in [1.165, 1.54) is 0 Å². The van der Waals surface area contributed by atoms with Gasteiger partial charge in [-0.15, -0.1) is 23.6 Å². The Balaban J connectivity index is 0. The molecule has 0 radical (unpaired) electrons. The first-order valence-electron chi connectivity index (χ1n) is 2.61. The molecule has 50 valence electrons. The van der Waals surface area contributed by atoms with Gasteiger partial charge >= 0.3 is 0 Å². The van der Waals surface area contributed by atoms with Gasteiger partial charge in [0.2, 0.25) is 0 Å². The summed E-state index contributed by atoms with van der Waals surface area (Å²) in [5.74, 6) is 0. The van der Waals surface area contributed by atoms with Crippen LogP contribution in [0.5, 0.6) is 0 Å². The molecule has 0 fully saturated rings. The van der Waals surface area contributed by atoms with Crippen molar-refractivity contribution in [3.05, 3.63) is 12.7 Å². The summed E-state index contributed by atoms with van der Waals surface area (Å²) in [6.07, 6.45) is 1.86. The summed E-state index contributed by atoms with van der Waals surface area (Å²) in [6.45, 7) is 8.71. The van der Waals surface area contributed by atoms with Crippen molar-refractivity contribution in [2.75, 3.05) is 6.54 Å². The highest BCUT2D eigenvalue weighted by molar-refractivity contribution is 8.93. The van der Waals surface area contributed by atoms with Crippen LogP contribution in [0.2, 0.25) is 0 Å². The number of halogens is 1. The Morgan fingerprint density at radius 3 is 2.25 bits per heavy atom. The Hall–Kier alpha value is 0.180. The van der Waals surface area contributed by atoms with Crippen LogP contribution >= 0.6 is 17.0 Å². The van der Waals surface area contributed by atoms with Gasteiger partial charge in [-0.1, -0.05) is 19.9 Å². The number of rotatable bonds is 3. The molecule has 0 atom stereocenters. The fourth-order valence-corrected chi connectivity index (χ4v) is 0.319. The highest BCUT2D eigenvalue weighted by Crippen LogP contribution is 1.72. The lowest BCUT2D eigenvalue weighted by atomic mass is 10.4. The minimum absolute atomic E-state index is 0. The third kappa shape index (κ3) is 9.49. The molecule has 0 bridgehead atoms. The van der Waals surface area contributed by atoms with E-state index in [0.717, 1.165) is 6.54 Å². The predicted octanol–water partition coefficient (Wildman–Crippen LogP) is 1.75. The zero-order valence-electron chi connectivity index (χ0n) is 5.48. The topological polar surface area (TPSA) is 12.0 Å². The molecular weight excluding hydrogens is 166 g/mol. The summed E-state index contributed by atoms with van der Waals surface area (Å²) in [5, 5.41) is 3.18. The Kier molecular flexibility index (Phi) is 9.91. The van der Waals surface area contributed by atoms with Gasteiger partial charge in [0.25, 0.3) is 0 Å². The monoisotopic (exact) mass is 179 g/mol. The quantitative estimate of drug-likeness (QED) is 0.652. The molecule has 0 unspecified atom stereocenters. The van der Waals surface area contributed by atoms with Crippen LogP contribution in [-0.4, -0.2) is 12.6 Å². The highest BCUT2D eigenvalue weighted by atomic mass is 79.9. The van der Waals surface area contributed by atoms with Crippen molar-refractivity contribution in [3.8, 4) is 0 Å². The molecule has 0 aromatic heterocycles. The van der Waals surface area contributed by atoms with Crippen LogP contribution in [0, 0.1) is 0 Å². The van der Waals surface area contributed by atoms with Crippen molar-refractivity contribution in [1.29, 1.82) is 0 Å². The van der Waals surface area contributed by atoms with Gasteiger partial charge in [0, 0.05) is 12.6 Å². The van der Waals surface area contributed by atoms with Gasteiger partial charge in [-0.25, -0.2) is 0 Å². The van der Waals surface area contributed by atoms with E-state index in [-0.39, 0.29) is 17.0 Å². The van der Waals surface area contributed by atoms with Gasteiger partial charge in [-0.2, -0.15) is 0 Å². The highest BCUT2D eigenvalue weighted by Gasteiger charge is 1.83. The third-order valence-corrected chi connectivity index (χ3v) is 0.670. The van der Waals surface area contributed by atoms with Gasteiger partial charge in [0.15, 0.2) is 0 Å². The second-order valence-corrected chi connectivity index (χ2v) is 1.85. The van der Waals surface area contributed by atoms with Crippen molar-refractivity contribution in [1.82, 2.24) is 5.32 Å². The molecule has 8 heavy (non-hydrogen) atoms. The van der Waals surface area contributed by atoms with E-state index >= 15 is 0 Å². The first kappa shape index (κ1) is 11.0. The maximum atomic E-state index is 3.57. The molecule has 1 N–H and O–H groups in total. The molecule has 0 aliphatic heterocycles. The molecule has 0 aliphatic rings. The fourth-order valence-electron chi connectivity index (χ4n) is 0.319. The average Bonchev–Trinajstić information content (AvgIpc) is 1.61. The molecule has 0 amide bonds. The number of hydrogen-bond acceptors (Lipinski definition) is 1. The molecular formula is C6H14BrN. The van der Waals surface area contributed by atoms with Crippen LogP contribution in [-0.2, 0) is 0 Å². The summed E-state index contributed by atoms with van der Waals surface area (Å²) >= 11 is 0. The van der Waals surface area contributed by atoms with E-state index in [1.807, 2.05) is 6.08 Å². The van der Waals surface area contributed by atoms with Crippen molar-refractivity contribution in [2.24, 2.45) is 0 Å². The zero-order chi connectivity index (χ0) is 5.70. The summed E-state index contributed by atoms with van der Waals surface area (Å²) < 4.78 is 0. The second-order valence-electron chi connectivity index (χ2n) is 1.85. The molecule has 0 aliphatic carbocycles. The number of nitrogens with one attached hydrogen (secondary N) is 1. The van der Waals surface area contributed by atoms with E-state index in [1.54, 1.807) is 0 Å². The largest absolute Gasteiger partial charge is 0.311 e. The Bertz CT molecular complexity index is 52.5. The first-order chi connectivity index (χ1) is 3.27. The lowest BCUT2D eigenvalue weighted by molar-refractivity contribution is 0.633. The molecule has 0 rings (SSSR count). The van der Waals surface area contributed by atoms with Gasteiger partial charge in [-0.3, -0.25) is 0 Å². The van der Waals surface area contributed by atoms with E-state index in [9.17, 15) is 0 Å². The van der Waals surface area contributed by atoms with Gasteiger partial charge in [-0.05, 0) is 0 Å². The van der Waals surface area contributed by atoms with Crippen LogP contribution in [0.25, 0.3) is 0 Å². The van der Waals surface area contributed by atoms with Crippen molar-refractivity contribution >= 4 is 17.0 Å². The van der Waals surface area contributed by atoms with Crippen LogP contribution in [0.15, 0.2) is 12.7 Å². The normalized spacial score (nSPS) is 8.38. The fraction of sp³-hybridized carbons (Fsp3) is 0.667.